The molecule has 3 aromatic rings. The van der Waals surface area contributed by atoms with Gasteiger partial charge in [-0.1, -0.05) is 6.07 Å². The van der Waals surface area contributed by atoms with E-state index in [1.165, 1.54) is 0 Å². The lowest BCUT2D eigenvalue weighted by Crippen LogP contribution is -2.35. The summed E-state index contributed by atoms with van der Waals surface area (Å²) in [6.07, 6.45) is 8.11. The molecule has 0 saturated heterocycles. The third-order valence-electron chi connectivity index (χ3n) is 4.00. The second-order valence-electron chi connectivity index (χ2n) is 6.22. The average molecular weight is 409 g/mol. The largest absolute Gasteiger partial charge is 0.480 e. The Morgan fingerprint density at radius 3 is 2.17 bits per heavy atom. The maximum Gasteiger partial charge on any atom is 0.326 e. The molecule has 9 nitrogen and oxygen atoms in total. The van der Waals surface area contributed by atoms with Gasteiger partial charge in [0.2, 0.25) is 0 Å². The minimum Gasteiger partial charge on any atom is -0.480 e. The van der Waals surface area contributed by atoms with Crippen LogP contribution in [0.2, 0.25) is 0 Å². The lowest BCUT2D eigenvalue weighted by atomic mass is 10.2. The second kappa shape index (κ2) is 11.1. The first kappa shape index (κ1) is 22.3. The molecule has 0 bridgehead atoms. The first-order valence-electron chi connectivity index (χ1n) is 9.12. The van der Waals surface area contributed by atoms with Gasteiger partial charge < -0.3 is 20.4 Å². The highest BCUT2D eigenvalue weighted by Crippen LogP contribution is 2.24. The molecule has 0 spiro atoms. The van der Waals surface area contributed by atoms with Gasteiger partial charge in [-0.15, -0.1) is 0 Å². The Labute approximate surface area is 174 Å². The van der Waals surface area contributed by atoms with Crippen LogP contribution >= 0.6 is 0 Å². The Bertz CT molecular complexity index is 886. The minimum absolute atomic E-state index is 0.576. The number of nitrogens with one attached hydrogen (secondary N) is 1. The normalized spacial score (nSPS) is 11.9. The molecular weight excluding hydrogens is 386 g/mol. The van der Waals surface area contributed by atoms with Crippen LogP contribution in [0.5, 0.6) is 0 Å². The van der Waals surface area contributed by atoms with Crippen LogP contribution in [-0.2, 0) is 9.59 Å². The number of hydrogen-bond donors (Lipinski definition) is 3. The van der Waals surface area contributed by atoms with Gasteiger partial charge in [0.05, 0.1) is 11.9 Å². The van der Waals surface area contributed by atoms with Gasteiger partial charge in [0.1, 0.15) is 17.9 Å². The lowest BCUT2D eigenvalue weighted by Gasteiger charge is -2.27. The van der Waals surface area contributed by atoms with E-state index in [1.54, 1.807) is 86.1 Å². The zero-order valence-electron chi connectivity index (χ0n) is 16.6. The summed E-state index contributed by atoms with van der Waals surface area (Å²) in [6.45, 7) is 3.20. The predicted molar refractivity (Wildman–Crippen MR) is 113 cm³/mol. The van der Waals surface area contributed by atoms with Gasteiger partial charge in [0.25, 0.3) is 0 Å². The second-order valence-corrected chi connectivity index (χ2v) is 6.22. The number of pyridine rings is 3. The molecule has 3 rings (SSSR count). The summed E-state index contributed by atoms with van der Waals surface area (Å²) in [5, 5.41) is 20.6. The summed E-state index contributed by atoms with van der Waals surface area (Å²) in [4.78, 5) is 35.3. The molecule has 2 atom stereocenters. The third-order valence-corrected chi connectivity index (χ3v) is 4.00. The Morgan fingerprint density at radius 1 is 0.900 bits per heavy atom. The molecule has 0 radical (unpaired) electrons. The van der Waals surface area contributed by atoms with Crippen molar-refractivity contribution in [3.8, 4) is 0 Å². The van der Waals surface area contributed by atoms with Crippen LogP contribution in [0.1, 0.15) is 13.8 Å². The monoisotopic (exact) mass is 409 g/mol. The van der Waals surface area contributed by atoms with Crippen molar-refractivity contribution in [2.45, 2.75) is 25.9 Å². The summed E-state index contributed by atoms with van der Waals surface area (Å²) in [5.74, 6) is -1.20. The number of anilines is 3. The van der Waals surface area contributed by atoms with E-state index in [-0.39, 0.29) is 0 Å². The molecule has 0 saturated carbocycles. The van der Waals surface area contributed by atoms with E-state index in [4.69, 9.17) is 5.11 Å². The molecule has 3 heterocycles. The molecule has 9 heteroatoms. The number of carboxylic acid groups (broad SMARTS) is 2. The smallest absolute Gasteiger partial charge is 0.326 e. The van der Waals surface area contributed by atoms with Gasteiger partial charge in [-0.3, -0.25) is 14.8 Å². The van der Waals surface area contributed by atoms with Crippen LogP contribution in [0.3, 0.4) is 0 Å². The van der Waals surface area contributed by atoms with E-state index in [2.05, 4.69) is 20.3 Å². The molecule has 3 N–H and O–H groups in total. The number of aliphatic carboxylic acids is 2. The standard InChI is InChI=1S/C13H13N3O2.C8H10N2O2/c1-10(13(17)18)16(11-5-4-7-14-9-11)12-6-2-3-8-15-12;1-6(8(11)12)10-7-2-4-9-5-3-7/h2-10H,1H3,(H,17,18);2-6H,1H3,(H,9,10)(H,11,12)/t10-;6-/m00/s1. The SMILES string of the molecule is C[C@@H](C(=O)O)N(c1cccnc1)c1ccccn1.C[C@H](Nc1ccncc1)C(=O)O. The van der Waals surface area contributed by atoms with E-state index in [9.17, 15) is 14.7 Å². The fraction of sp³-hybridized carbons (Fsp3) is 0.190. The number of nitrogens with zero attached hydrogens (tertiary/aromatic N) is 4. The maximum atomic E-state index is 11.2. The van der Waals surface area contributed by atoms with Crippen molar-refractivity contribution in [1.82, 2.24) is 15.0 Å². The third kappa shape index (κ3) is 6.55. The van der Waals surface area contributed by atoms with Gasteiger partial charge in [0.15, 0.2) is 0 Å². The summed E-state index contributed by atoms with van der Waals surface area (Å²) in [5.41, 5.74) is 1.46. The minimum atomic E-state index is -0.912. The molecule has 156 valence electrons. The first-order valence-corrected chi connectivity index (χ1v) is 9.12. The quantitative estimate of drug-likeness (QED) is 0.539. The van der Waals surface area contributed by atoms with Crippen LogP contribution < -0.4 is 10.2 Å². The Morgan fingerprint density at radius 2 is 1.63 bits per heavy atom. The maximum absolute atomic E-state index is 11.2. The number of rotatable bonds is 7. The highest BCUT2D eigenvalue weighted by atomic mass is 16.4. The van der Waals surface area contributed by atoms with Crippen molar-refractivity contribution in [2.24, 2.45) is 0 Å². The van der Waals surface area contributed by atoms with Crippen molar-refractivity contribution in [2.75, 3.05) is 10.2 Å². The van der Waals surface area contributed by atoms with Gasteiger partial charge in [0, 0.05) is 30.5 Å². The summed E-state index contributed by atoms with van der Waals surface area (Å²) >= 11 is 0. The topological polar surface area (TPSA) is 129 Å². The highest BCUT2D eigenvalue weighted by Gasteiger charge is 2.23. The molecule has 0 aliphatic heterocycles. The van der Waals surface area contributed by atoms with Crippen molar-refractivity contribution < 1.29 is 19.8 Å². The lowest BCUT2D eigenvalue weighted by molar-refractivity contribution is -0.138. The zero-order chi connectivity index (χ0) is 21.9. The molecule has 0 aromatic carbocycles. The molecule has 0 amide bonds. The first-order chi connectivity index (χ1) is 14.4. The van der Waals surface area contributed by atoms with Crippen LogP contribution in [0, 0.1) is 0 Å². The van der Waals surface area contributed by atoms with Crippen molar-refractivity contribution in [3.05, 3.63) is 73.4 Å². The molecule has 0 aliphatic carbocycles. The Kier molecular flexibility index (Phi) is 8.25. The highest BCUT2D eigenvalue weighted by molar-refractivity contribution is 5.81. The van der Waals surface area contributed by atoms with E-state index in [1.807, 2.05) is 6.07 Å². The number of carbonyl (C=O) groups is 2. The van der Waals surface area contributed by atoms with Crippen molar-refractivity contribution in [1.29, 1.82) is 0 Å². The Balaban J connectivity index is 0.000000232. The fourth-order valence-corrected chi connectivity index (χ4v) is 2.42. The summed E-state index contributed by atoms with van der Waals surface area (Å²) < 4.78 is 0. The van der Waals surface area contributed by atoms with E-state index < -0.39 is 24.0 Å². The van der Waals surface area contributed by atoms with Gasteiger partial charge in [-0.2, -0.15) is 0 Å². The fourth-order valence-electron chi connectivity index (χ4n) is 2.42. The van der Waals surface area contributed by atoms with Crippen LogP contribution in [-0.4, -0.2) is 49.2 Å². The average Bonchev–Trinajstić information content (AvgIpc) is 2.76. The van der Waals surface area contributed by atoms with Gasteiger partial charge >= 0.3 is 11.9 Å². The van der Waals surface area contributed by atoms with E-state index in [0.29, 0.717) is 11.5 Å². The molecule has 0 fully saturated rings. The van der Waals surface area contributed by atoms with Gasteiger partial charge in [-0.05, 0) is 50.2 Å². The van der Waals surface area contributed by atoms with E-state index in [0.717, 1.165) is 5.69 Å². The number of carboxylic acids is 2. The predicted octanol–water partition coefficient (Wildman–Crippen LogP) is 3.05. The van der Waals surface area contributed by atoms with Crippen LogP contribution in [0.15, 0.2) is 73.4 Å². The zero-order valence-corrected chi connectivity index (χ0v) is 16.6. The summed E-state index contributed by atoms with van der Waals surface area (Å²) in [6, 6.07) is 11.1. The van der Waals surface area contributed by atoms with Crippen molar-refractivity contribution in [3.63, 3.8) is 0 Å². The molecule has 0 aliphatic rings. The molecule has 0 unspecified atom stereocenters. The summed E-state index contributed by atoms with van der Waals surface area (Å²) in [7, 11) is 0. The Hall–Kier alpha value is -4.01. The van der Waals surface area contributed by atoms with E-state index >= 15 is 0 Å². The molecular formula is C21H23N5O4. The number of hydrogen-bond acceptors (Lipinski definition) is 7. The molecule has 3 aromatic heterocycles. The molecule has 30 heavy (non-hydrogen) atoms. The number of aromatic nitrogens is 3. The van der Waals surface area contributed by atoms with Crippen LogP contribution in [0.25, 0.3) is 0 Å². The van der Waals surface area contributed by atoms with Crippen molar-refractivity contribution >= 4 is 29.1 Å². The van der Waals surface area contributed by atoms with Gasteiger partial charge in [-0.25, -0.2) is 9.78 Å². The van der Waals surface area contributed by atoms with Crippen LogP contribution in [0.4, 0.5) is 17.2 Å².